The fraction of sp³-hybridized carbons (Fsp3) is 0.125. The molecule has 0 fully saturated rings. The Balaban J connectivity index is 2.96. The van der Waals surface area contributed by atoms with Crippen LogP contribution >= 0.6 is 0 Å². The van der Waals surface area contributed by atoms with Crippen LogP contribution in [0.1, 0.15) is 0 Å². The van der Waals surface area contributed by atoms with Gasteiger partial charge in [0.1, 0.15) is 0 Å². The van der Waals surface area contributed by atoms with Crippen LogP contribution in [0.2, 0.25) is 0 Å². The third-order valence-corrected chi connectivity index (χ3v) is 1.68. The Morgan fingerprint density at radius 1 is 1.30 bits per heavy atom. The lowest BCUT2D eigenvalue weighted by atomic mass is 10.3. The summed E-state index contributed by atoms with van der Waals surface area (Å²) < 4.78 is 0.995. The molecule has 2 nitrogen and oxygen atoms in total. The summed E-state index contributed by atoms with van der Waals surface area (Å²) in [5.74, 6) is 0. The highest BCUT2D eigenvalue weighted by Gasteiger charge is 2.01. The molecule has 0 atom stereocenters. The third kappa shape index (κ3) is 0.620. The van der Waals surface area contributed by atoms with Crippen LogP contribution in [-0.2, 0) is 0 Å². The van der Waals surface area contributed by atoms with Crippen molar-refractivity contribution in [3.8, 4) is 0 Å². The van der Waals surface area contributed by atoms with Gasteiger partial charge in [0.2, 0.25) is 5.36 Å². The minimum atomic E-state index is 0.499. The van der Waals surface area contributed by atoms with Crippen LogP contribution in [-0.4, -0.2) is 6.54 Å². The van der Waals surface area contributed by atoms with Crippen molar-refractivity contribution in [3.05, 3.63) is 40.0 Å². The molecule has 10 heavy (non-hydrogen) atoms. The van der Waals surface area contributed by atoms with E-state index in [-0.39, 0.29) is 0 Å². The Labute approximate surface area is 58.3 Å². The van der Waals surface area contributed by atoms with Crippen LogP contribution < -0.4 is 15.3 Å². The first-order chi connectivity index (χ1) is 4.88. The van der Waals surface area contributed by atoms with E-state index >= 15 is 0 Å². The molecule has 1 aliphatic heterocycles. The van der Waals surface area contributed by atoms with Gasteiger partial charge in [0.15, 0.2) is 6.54 Å². The van der Waals surface area contributed by atoms with Crippen molar-refractivity contribution in [1.82, 2.24) is 4.74 Å². The van der Waals surface area contributed by atoms with Gasteiger partial charge in [0.05, 0.1) is 0 Å². The quantitative estimate of drug-likeness (QED) is 0.345. The molecule has 0 saturated carbocycles. The Hall–Kier alpha value is -1.31. The van der Waals surface area contributed by atoms with Crippen LogP contribution in [0.15, 0.2) is 24.3 Å². The van der Waals surface area contributed by atoms with Crippen molar-refractivity contribution in [2.75, 3.05) is 6.54 Å². The maximum Gasteiger partial charge on any atom is 0.218 e. The van der Waals surface area contributed by atoms with E-state index in [1.807, 2.05) is 30.3 Å². The number of hydrogen-bond acceptors (Lipinski definition) is 1. The minimum absolute atomic E-state index is 0.499. The molecule has 2 heteroatoms. The van der Waals surface area contributed by atoms with E-state index in [0.717, 1.165) is 15.3 Å². The summed E-state index contributed by atoms with van der Waals surface area (Å²) in [6.45, 7) is 0.499. The molecule has 2 rings (SSSR count). The molecule has 0 radical (unpaired) electrons. The summed E-state index contributed by atoms with van der Waals surface area (Å²) in [6.07, 6.45) is 1.93. The summed E-state index contributed by atoms with van der Waals surface area (Å²) in [5, 5.41) is 12.8. The van der Waals surface area contributed by atoms with Crippen molar-refractivity contribution < 1.29 is 0 Å². The van der Waals surface area contributed by atoms with Gasteiger partial charge in [0, 0.05) is 11.3 Å². The summed E-state index contributed by atoms with van der Waals surface area (Å²) in [5.41, 5.74) is 0. The number of fused-ring (bicyclic) bond motifs is 1. The summed E-state index contributed by atoms with van der Waals surface area (Å²) >= 11 is 0. The second-order valence-corrected chi connectivity index (χ2v) is 2.32. The number of hydrogen-bond donors (Lipinski definition) is 0. The van der Waals surface area contributed by atoms with Gasteiger partial charge < -0.3 is 5.21 Å². The van der Waals surface area contributed by atoms with Crippen molar-refractivity contribution in [1.29, 1.82) is 0 Å². The van der Waals surface area contributed by atoms with Crippen LogP contribution in [0.5, 0.6) is 0 Å². The van der Waals surface area contributed by atoms with Gasteiger partial charge in [-0.05, 0) is 12.1 Å². The SMILES string of the molecule is [O-][N+]1=c2ccccc2=CC1. The average Bonchev–Trinajstić information content (AvgIpc) is 2.34. The average molecular weight is 133 g/mol. The van der Waals surface area contributed by atoms with Gasteiger partial charge >= 0.3 is 0 Å². The Morgan fingerprint density at radius 2 is 2.10 bits per heavy atom. The lowest BCUT2D eigenvalue weighted by Gasteiger charge is -1.92. The van der Waals surface area contributed by atoms with Gasteiger partial charge in [-0.1, -0.05) is 12.1 Å². The number of rotatable bonds is 0. The van der Waals surface area contributed by atoms with Gasteiger partial charge in [-0.25, -0.2) is 4.74 Å². The first kappa shape index (κ1) is 5.47. The third-order valence-electron chi connectivity index (χ3n) is 1.68. The molecule has 1 aromatic carbocycles. The van der Waals surface area contributed by atoms with E-state index in [1.165, 1.54) is 0 Å². The van der Waals surface area contributed by atoms with Crippen LogP contribution in [0.4, 0.5) is 0 Å². The van der Waals surface area contributed by atoms with Crippen molar-refractivity contribution >= 4 is 6.08 Å². The Morgan fingerprint density at radius 3 is 2.90 bits per heavy atom. The molecular formula is C8H7NO. The van der Waals surface area contributed by atoms with Crippen molar-refractivity contribution in [3.63, 3.8) is 0 Å². The Bertz CT molecular complexity index is 367. The highest BCUT2D eigenvalue weighted by atomic mass is 16.5. The van der Waals surface area contributed by atoms with E-state index < -0.39 is 0 Å². The number of hydroxylamine groups is 1. The van der Waals surface area contributed by atoms with E-state index in [4.69, 9.17) is 0 Å². The van der Waals surface area contributed by atoms with Crippen LogP contribution in [0.3, 0.4) is 0 Å². The highest BCUT2D eigenvalue weighted by Crippen LogP contribution is 1.77. The number of para-hydroxylation sites is 1. The zero-order valence-corrected chi connectivity index (χ0v) is 5.45. The van der Waals surface area contributed by atoms with E-state index in [9.17, 15) is 5.21 Å². The monoisotopic (exact) mass is 133 g/mol. The lowest BCUT2D eigenvalue weighted by Crippen LogP contribution is -2.29. The fourth-order valence-electron chi connectivity index (χ4n) is 1.17. The van der Waals surface area contributed by atoms with E-state index in [0.29, 0.717) is 6.54 Å². The molecule has 0 amide bonds. The normalized spacial score (nSPS) is 14.6. The maximum atomic E-state index is 11.0. The summed E-state index contributed by atoms with van der Waals surface area (Å²) in [7, 11) is 0. The number of nitrogens with zero attached hydrogens (tertiary/aromatic N) is 1. The zero-order valence-electron chi connectivity index (χ0n) is 5.45. The van der Waals surface area contributed by atoms with E-state index in [1.54, 1.807) is 0 Å². The van der Waals surface area contributed by atoms with Gasteiger partial charge in [-0.2, -0.15) is 0 Å². The standard InChI is InChI=1S/C8H7NO/c10-9-6-5-7-3-1-2-4-8(7)9/h1-5H,6H2. The molecule has 0 aromatic heterocycles. The molecule has 0 N–H and O–H groups in total. The maximum absolute atomic E-state index is 11.0. The number of benzene rings is 1. The van der Waals surface area contributed by atoms with Gasteiger partial charge in [-0.3, -0.25) is 0 Å². The predicted molar refractivity (Wildman–Crippen MR) is 39.6 cm³/mol. The Kier molecular flexibility index (Phi) is 1.01. The van der Waals surface area contributed by atoms with Crippen molar-refractivity contribution in [2.24, 2.45) is 0 Å². The summed E-state index contributed by atoms with van der Waals surface area (Å²) in [4.78, 5) is 0. The van der Waals surface area contributed by atoms with Crippen molar-refractivity contribution in [2.45, 2.75) is 0 Å². The molecule has 50 valence electrons. The smallest absolute Gasteiger partial charge is 0.218 e. The molecule has 1 heterocycles. The molecule has 1 aliphatic rings. The molecule has 0 bridgehead atoms. The zero-order chi connectivity index (χ0) is 6.97. The van der Waals surface area contributed by atoms with E-state index in [2.05, 4.69) is 0 Å². The largest absolute Gasteiger partial charge is 0.623 e. The van der Waals surface area contributed by atoms with Gasteiger partial charge in [-0.15, -0.1) is 0 Å². The molecule has 0 spiro atoms. The molecule has 0 aliphatic carbocycles. The fourth-order valence-corrected chi connectivity index (χ4v) is 1.17. The first-order valence-corrected chi connectivity index (χ1v) is 3.25. The van der Waals surface area contributed by atoms with Crippen LogP contribution in [0, 0.1) is 5.21 Å². The lowest BCUT2D eigenvalue weighted by molar-refractivity contribution is 0.848. The molecule has 0 saturated heterocycles. The van der Waals surface area contributed by atoms with Crippen LogP contribution in [0.25, 0.3) is 6.08 Å². The highest BCUT2D eigenvalue weighted by molar-refractivity contribution is 5.29. The van der Waals surface area contributed by atoms with Gasteiger partial charge in [0.25, 0.3) is 0 Å². The molecular weight excluding hydrogens is 126 g/mol. The summed E-state index contributed by atoms with van der Waals surface area (Å²) in [6, 6.07) is 7.61. The predicted octanol–water partition coefficient (Wildman–Crippen LogP) is -0.530. The minimum Gasteiger partial charge on any atom is -0.623 e. The molecule has 0 unspecified atom stereocenters. The molecule has 1 aromatic rings. The second kappa shape index (κ2) is 1.84. The topological polar surface area (TPSA) is 26.1 Å². The first-order valence-electron chi connectivity index (χ1n) is 3.25. The second-order valence-electron chi connectivity index (χ2n) is 2.32.